The molecule has 0 bridgehead atoms. The van der Waals surface area contributed by atoms with Crippen LogP contribution in [0.2, 0.25) is 0 Å². The van der Waals surface area contributed by atoms with E-state index in [9.17, 15) is 4.79 Å². The molecule has 1 amide bonds. The number of H-pyrrole nitrogens is 1. The van der Waals surface area contributed by atoms with Gasteiger partial charge in [0.2, 0.25) is 17.8 Å². The molecule has 252 valence electrons. The molecule has 0 radical (unpaired) electrons. The Hall–Kier alpha value is -5.40. The maximum absolute atomic E-state index is 12.1. The van der Waals surface area contributed by atoms with E-state index in [2.05, 4.69) is 41.2 Å². The molecule has 13 heteroatoms. The van der Waals surface area contributed by atoms with Crippen molar-refractivity contribution in [1.29, 1.82) is 0 Å². The number of aromatic amines is 1. The van der Waals surface area contributed by atoms with E-state index in [1.807, 2.05) is 66.9 Å². The van der Waals surface area contributed by atoms with Gasteiger partial charge in [-0.05, 0) is 60.0 Å². The number of amides is 1. The molecule has 3 aromatic carbocycles. The summed E-state index contributed by atoms with van der Waals surface area (Å²) in [4.78, 5) is 29.1. The molecule has 0 spiro atoms. The van der Waals surface area contributed by atoms with Gasteiger partial charge in [0, 0.05) is 48.8 Å². The minimum Gasteiger partial charge on any atom is -0.497 e. The summed E-state index contributed by atoms with van der Waals surface area (Å²) in [5.41, 5.74) is 3.91. The smallest absolute Gasteiger partial charge is 0.251 e. The van der Waals surface area contributed by atoms with Gasteiger partial charge in [-0.2, -0.15) is 15.0 Å². The van der Waals surface area contributed by atoms with Crippen molar-refractivity contribution in [3.8, 4) is 11.5 Å². The summed E-state index contributed by atoms with van der Waals surface area (Å²) >= 11 is 0. The zero-order valence-corrected chi connectivity index (χ0v) is 27.3. The van der Waals surface area contributed by atoms with Crippen molar-refractivity contribution in [2.45, 2.75) is 13.0 Å². The molecule has 5 N–H and O–H groups in total. The summed E-state index contributed by atoms with van der Waals surface area (Å²) < 4.78 is 21.9. The molecule has 5 rings (SSSR count). The topological polar surface area (TPSA) is 157 Å². The first kappa shape index (κ1) is 33.9. The van der Waals surface area contributed by atoms with Crippen molar-refractivity contribution in [3.63, 3.8) is 0 Å². The predicted molar refractivity (Wildman–Crippen MR) is 186 cm³/mol. The van der Waals surface area contributed by atoms with Crippen molar-refractivity contribution in [2.75, 3.05) is 76.2 Å². The fraction of sp³-hybridized carbons (Fsp3) is 0.314. The van der Waals surface area contributed by atoms with Crippen LogP contribution in [0, 0.1) is 0 Å². The van der Waals surface area contributed by atoms with Crippen molar-refractivity contribution in [3.05, 3.63) is 95.7 Å². The van der Waals surface area contributed by atoms with Gasteiger partial charge in [0.25, 0.3) is 5.91 Å². The third-order valence-corrected chi connectivity index (χ3v) is 7.37. The molecule has 0 unspecified atom stereocenters. The van der Waals surface area contributed by atoms with Gasteiger partial charge in [0.05, 0.1) is 40.6 Å². The molecule has 0 saturated heterocycles. The maximum Gasteiger partial charge on any atom is 0.251 e. The Morgan fingerprint density at radius 3 is 2.06 bits per heavy atom. The molecule has 13 nitrogen and oxygen atoms in total. The normalized spacial score (nSPS) is 10.9. The average Bonchev–Trinajstić information content (AvgIpc) is 3.53. The minimum absolute atomic E-state index is 0.118. The Morgan fingerprint density at radius 1 is 0.708 bits per heavy atom. The van der Waals surface area contributed by atoms with Crippen molar-refractivity contribution in [1.82, 2.24) is 25.3 Å². The number of rotatable bonds is 20. The molecule has 0 saturated carbocycles. The van der Waals surface area contributed by atoms with Crippen LogP contribution in [0.1, 0.15) is 21.5 Å². The van der Waals surface area contributed by atoms with Crippen LogP contribution >= 0.6 is 0 Å². The summed E-state index contributed by atoms with van der Waals surface area (Å²) in [7, 11) is 3.31. The van der Waals surface area contributed by atoms with Gasteiger partial charge in [-0.15, -0.1) is 0 Å². The van der Waals surface area contributed by atoms with Crippen molar-refractivity contribution in [2.24, 2.45) is 0 Å². The lowest BCUT2D eigenvalue weighted by atomic mass is 10.1. The monoisotopic (exact) mass is 654 g/mol. The predicted octanol–water partition coefficient (Wildman–Crippen LogP) is 4.51. The van der Waals surface area contributed by atoms with E-state index in [0.29, 0.717) is 76.0 Å². The van der Waals surface area contributed by atoms with E-state index in [1.54, 1.807) is 26.4 Å². The van der Waals surface area contributed by atoms with Gasteiger partial charge in [0.15, 0.2) is 0 Å². The molecular weight excluding hydrogens is 612 g/mol. The standard InChI is InChI=1S/C35H42N8O5/c1-45-28-10-8-25(9-11-28)23-40-35-42-33(37-15-14-27-24-39-31-13-12-29(46-2)22-30(27)31)41-34(43-35)38-17-19-48-21-20-47-18-16-36-32(44)26-6-4-3-5-7-26/h3-13,22,24,39H,14-21,23H2,1-2H3,(H,36,44)(H3,37,38,40,41,42,43). The third-order valence-electron chi connectivity index (χ3n) is 7.37. The molecule has 0 aliphatic carbocycles. The number of benzene rings is 3. The van der Waals surface area contributed by atoms with Gasteiger partial charge in [-0.1, -0.05) is 30.3 Å². The Morgan fingerprint density at radius 2 is 1.35 bits per heavy atom. The second-order valence-electron chi connectivity index (χ2n) is 10.7. The van der Waals surface area contributed by atoms with Gasteiger partial charge in [0.1, 0.15) is 11.5 Å². The van der Waals surface area contributed by atoms with E-state index in [-0.39, 0.29) is 5.91 Å². The second-order valence-corrected chi connectivity index (χ2v) is 10.7. The highest BCUT2D eigenvalue weighted by Crippen LogP contribution is 2.24. The largest absolute Gasteiger partial charge is 0.497 e. The van der Waals surface area contributed by atoms with Crippen LogP contribution in [0.25, 0.3) is 10.9 Å². The average molecular weight is 655 g/mol. The molecule has 2 heterocycles. The number of hydrogen-bond donors (Lipinski definition) is 5. The van der Waals surface area contributed by atoms with E-state index in [1.165, 1.54) is 5.56 Å². The number of fused-ring (bicyclic) bond motifs is 1. The Labute approximate surface area is 279 Å². The zero-order valence-electron chi connectivity index (χ0n) is 27.3. The fourth-order valence-electron chi connectivity index (χ4n) is 4.82. The van der Waals surface area contributed by atoms with Crippen LogP contribution in [0.4, 0.5) is 17.8 Å². The quantitative estimate of drug-likeness (QED) is 0.0753. The highest BCUT2D eigenvalue weighted by molar-refractivity contribution is 5.94. The van der Waals surface area contributed by atoms with E-state index >= 15 is 0 Å². The molecular formula is C35H42N8O5. The second kappa shape index (κ2) is 18.1. The zero-order chi connectivity index (χ0) is 33.4. The Kier molecular flexibility index (Phi) is 12.8. The number of ether oxygens (including phenoxy) is 4. The molecule has 0 aliphatic rings. The summed E-state index contributed by atoms with van der Waals surface area (Å²) in [5.74, 6) is 2.82. The first-order valence-electron chi connectivity index (χ1n) is 15.8. The number of carbonyl (C=O) groups is 1. The van der Waals surface area contributed by atoms with Crippen LogP contribution in [0.5, 0.6) is 11.5 Å². The van der Waals surface area contributed by atoms with Crippen LogP contribution in [-0.4, -0.2) is 86.1 Å². The number of nitrogens with zero attached hydrogens (tertiary/aromatic N) is 3. The summed E-state index contributed by atoms with van der Waals surface area (Å²) in [5, 5.41) is 13.8. The molecule has 48 heavy (non-hydrogen) atoms. The van der Waals surface area contributed by atoms with Gasteiger partial charge >= 0.3 is 0 Å². The minimum atomic E-state index is -0.118. The van der Waals surface area contributed by atoms with Crippen LogP contribution in [0.15, 0.2) is 79.0 Å². The van der Waals surface area contributed by atoms with Crippen LogP contribution in [-0.2, 0) is 22.4 Å². The lowest BCUT2D eigenvalue weighted by molar-refractivity contribution is 0.0519. The Balaban J connectivity index is 1.08. The number of aromatic nitrogens is 4. The van der Waals surface area contributed by atoms with E-state index in [4.69, 9.17) is 18.9 Å². The maximum atomic E-state index is 12.1. The summed E-state index contributed by atoms with van der Waals surface area (Å²) in [6, 6.07) is 22.9. The lowest BCUT2D eigenvalue weighted by Gasteiger charge is -2.12. The molecule has 0 aliphatic heterocycles. The SMILES string of the molecule is COc1ccc(CNc2nc(NCCOCCOCCNC(=O)c3ccccc3)nc(NCCc3c[nH]c4ccc(OC)cc34)n2)cc1. The van der Waals surface area contributed by atoms with E-state index < -0.39 is 0 Å². The molecule has 0 atom stereocenters. The number of anilines is 3. The Bertz CT molecular complexity index is 1720. The highest BCUT2D eigenvalue weighted by atomic mass is 16.5. The van der Waals surface area contributed by atoms with Crippen LogP contribution in [0.3, 0.4) is 0 Å². The summed E-state index contributed by atoms with van der Waals surface area (Å²) in [6.07, 6.45) is 2.77. The number of methoxy groups -OCH3 is 2. The van der Waals surface area contributed by atoms with E-state index in [0.717, 1.165) is 34.4 Å². The summed E-state index contributed by atoms with van der Waals surface area (Å²) in [6.45, 7) is 3.74. The fourth-order valence-corrected chi connectivity index (χ4v) is 4.82. The van der Waals surface area contributed by atoms with Crippen molar-refractivity contribution >= 4 is 34.7 Å². The van der Waals surface area contributed by atoms with Gasteiger partial charge < -0.3 is 45.2 Å². The highest BCUT2D eigenvalue weighted by Gasteiger charge is 2.09. The third kappa shape index (κ3) is 10.3. The molecule has 5 aromatic rings. The van der Waals surface area contributed by atoms with Gasteiger partial charge in [-0.3, -0.25) is 4.79 Å². The number of hydrogen-bond acceptors (Lipinski definition) is 11. The van der Waals surface area contributed by atoms with Gasteiger partial charge in [-0.25, -0.2) is 0 Å². The molecule has 0 fully saturated rings. The number of nitrogens with one attached hydrogen (secondary N) is 5. The van der Waals surface area contributed by atoms with Crippen LogP contribution < -0.4 is 30.7 Å². The number of carbonyl (C=O) groups excluding carboxylic acids is 1. The first-order chi connectivity index (χ1) is 23.6. The lowest BCUT2D eigenvalue weighted by Crippen LogP contribution is -2.27. The van der Waals surface area contributed by atoms with Crippen molar-refractivity contribution < 1.29 is 23.7 Å². The molecule has 2 aromatic heterocycles. The first-order valence-corrected chi connectivity index (χ1v) is 15.8.